The summed E-state index contributed by atoms with van der Waals surface area (Å²) in [6.07, 6.45) is 0.808. The van der Waals surface area contributed by atoms with Gasteiger partial charge in [-0.25, -0.2) is 0 Å². The molecule has 0 radical (unpaired) electrons. The molecule has 2 aromatic carbocycles. The van der Waals surface area contributed by atoms with Crippen molar-refractivity contribution >= 4 is 0 Å². The van der Waals surface area contributed by atoms with E-state index in [-0.39, 0.29) is 0 Å². The van der Waals surface area contributed by atoms with E-state index < -0.39 is 5.60 Å². The summed E-state index contributed by atoms with van der Waals surface area (Å²) >= 11 is 0. The van der Waals surface area contributed by atoms with E-state index >= 15 is 0 Å². The van der Waals surface area contributed by atoms with Gasteiger partial charge in [0.25, 0.3) is 0 Å². The normalized spacial score (nSPS) is 22.6. The minimum atomic E-state index is -0.701. The summed E-state index contributed by atoms with van der Waals surface area (Å²) in [5.41, 5.74) is 4.19. The van der Waals surface area contributed by atoms with Gasteiger partial charge < -0.3 is 5.11 Å². The summed E-state index contributed by atoms with van der Waals surface area (Å²) < 4.78 is 0. The van der Waals surface area contributed by atoms with Gasteiger partial charge in [0.1, 0.15) is 5.60 Å². The Morgan fingerprint density at radius 2 is 1.81 bits per heavy atom. The number of aliphatic hydroxyl groups is 1. The van der Waals surface area contributed by atoms with E-state index in [4.69, 9.17) is 0 Å². The topological polar surface area (TPSA) is 23.5 Å². The predicted molar refractivity (Wildman–Crippen MR) is 86.1 cm³/mol. The van der Waals surface area contributed by atoms with Gasteiger partial charge in [0.05, 0.1) is 0 Å². The zero-order chi connectivity index (χ0) is 14.9. The molecule has 0 bridgehead atoms. The molecule has 1 atom stereocenters. The Balaban J connectivity index is 1.74. The first-order valence-electron chi connectivity index (χ1n) is 7.63. The van der Waals surface area contributed by atoms with Gasteiger partial charge in [0.2, 0.25) is 0 Å². The largest absolute Gasteiger partial charge is 0.384 e. The second-order valence-corrected chi connectivity index (χ2v) is 6.28. The second-order valence-electron chi connectivity index (χ2n) is 6.28. The minimum absolute atomic E-state index is 0.701. The third kappa shape index (κ3) is 3.02. The third-order valence-electron chi connectivity index (χ3n) is 4.62. The minimum Gasteiger partial charge on any atom is -0.384 e. The molecule has 1 unspecified atom stereocenters. The van der Waals surface area contributed by atoms with Gasteiger partial charge in [0.15, 0.2) is 0 Å². The molecule has 2 heteroatoms. The molecule has 1 fully saturated rings. The van der Waals surface area contributed by atoms with E-state index in [1.807, 2.05) is 6.07 Å². The lowest BCUT2D eigenvalue weighted by Crippen LogP contribution is -2.30. The van der Waals surface area contributed by atoms with Crippen molar-refractivity contribution in [3.63, 3.8) is 0 Å². The molecule has 0 saturated carbocycles. The Morgan fingerprint density at radius 1 is 1.05 bits per heavy atom. The van der Waals surface area contributed by atoms with Crippen LogP contribution in [0.25, 0.3) is 0 Å². The molecule has 1 aliphatic heterocycles. The van der Waals surface area contributed by atoms with Gasteiger partial charge in [-0.3, -0.25) is 4.90 Å². The van der Waals surface area contributed by atoms with Crippen molar-refractivity contribution in [3.8, 4) is 0 Å². The fourth-order valence-electron chi connectivity index (χ4n) is 3.11. The lowest BCUT2D eigenvalue weighted by Gasteiger charge is -2.25. The molecule has 1 heterocycles. The average Bonchev–Trinajstić information content (AvgIpc) is 2.85. The first-order chi connectivity index (χ1) is 10.1. The molecule has 0 spiro atoms. The van der Waals surface area contributed by atoms with Crippen LogP contribution in [0.2, 0.25) is 0 Å². The fourth-order valence-corrected chi connectivity index (χ4v) is 3.11. The highest BCUT2D eigenvalue weighted by Gasteiger charge is 2.37. The molecule has 2 nitrogen and oxygen atoms in total. The third-order valence-corrected chi connectivity index (χ3v) is 4.62. The standard InChI is InChI=1S/C19H23NO/c1-15-8-9-18(12-16(15)2)19(21)10-11-20(14-19)13-17-6-4-3-5-7-17/h3-9,12,21H,10-11,13-14H2,1-2H3. The van der Waals surface area contributed by atoms with Gasteiger partial charge >= 0.3 is 0 Å². The molecule has 110 valence electrons. The molecule has 1 N–H and O–H groups in total. The van der Waals surface area contributed by atoms with E-state index in [2.05, 4.69) is 61.2 Å². The Kier molecular flexibility index (Phi) is 3.83. The van der Waals surface area contributed by atoms with Crippen LogP contribution >= 0.6 is 0 Å². The maximum absolute atomic E-state index is 11.0. The monoisotopic (exact) mass is 281 g/mol. The number of nitrogens with zero attached hydrogens (tertiary/aromatic N) is 1. The maximum atomic E-state index is 11.0. The number of likely N-dealkylation sites (tertiary alicyclic amines) is 1. The Hall–Kier alpha value is -1.64. The smallest absolute Gasteiger partial charge is 0.103 e. The molecular weight excluding hydrogens is 258 g/mol. The fraction of sp³-hybridized carbons (Fsp3) is 0.368. The average molecular weight is 281 g/mol. The van der Waals surface area contributed by atoms with Crippen LogP contribution in [0.15, 0.2) is 48.5 Å². The van der Waals surface area contributed by atoms with Crippen molar-refractivity contribution in [2.24, 2.45) is 0 Å². The van der Waals surface area contributed by atoms with Crippen molar-refractivity contribution in [1.29, 1.82) is 0 Å². The zero-order valence-corrected chi connectivity index (χ0v) is 12.8. The van der Waals surface area contributed by atoms with Crippen LogP contribution in [-0.4, -0.2) is 23.1 Å². The van der Waals surface area contributed by atoms with Crippen LogP contribution in [0.4, 0.5) is 0 Å². The zero-order valence-electron chi connectivity index (χ0n) is 12.8. The van der Waals surface area contributed by atoms with Crippen LogP contribution in [0, 0.1) is 13.8 Å². The van der Waals surface area contributed by atoms with Crippen LogP contribution in [-0.2, 0) is 12.1 Å². The Bertz CT molecular complexity index is 623. The molecule has 1 aliphatic rings. The van der Waals surface area contributed by atoms with E-state index in [1.165, 1.54) is 16.7 Å². The number of aryl methyl sites for hydroxylation is 2. The number of rotatable bonds is 3. The molecule has 1 saturated heterocycles. The first-order valence-corrected chi connectivity index (χ1v) is 7.63. The van der Waals surface area contributed by atoms with Gasteiger partial charge in [-0.05, 0) is 42.5 Å². The number of benzene rings is 2. The summed E-state index contributed by atoms with van der Waals surface area (Å²) in [7, 11) is 0. The number of β-amino-alcohol motifs (C(OH)–C–C–N with tert-alkyl or cyclic N) is 1. The predicted octanol–water partition coefficient (Wildman–Crippen LogP) is 3.40. The SMILES string of the molecule is Cc1ccc(C2(O)CCN(Cc3ccccc3)C2)cc1C. The van der Waals surface area contributed by atoms with E-state index in [9.17, 15) is 5.11 Å². The van der Waals surface area contributed by atoms with Crippen molar-refractivity contribution in [2.45, 2.75) is 32.4 Å². The van der Waals surface area contributed by atoms with Gasteiger partial charge in [-0.2, -0.15) is 0 Å². The van der Waals surface area contributed by atoms with Crippen molar-refractivity contribution < 1.29 is 5.11 Å². The van der Waals surface area contributed by atoms with E-state index in [1.54, 1.807) is 0 Å². The summed E-state index contributed by atoms with van der Waals surface area (Å²) in [5, 5.41) is 11.0. The van der Waals surface area contributed by atoms with Crippen molar-refractivity contribution in [2.75, 3.05) is 13.1 Å². The highest BCUT2D eigenvalue weighted by molar-refractivity contribution is 5.34. The Morgan fingerprint density at radius 3 is 2.52 bits per heavy atom. The summed E-state index contributed by atoms with van der Waals surface area (Å²) in [6, 6.07) is 16.8. The van der Waals surface area contributed by atoms with E-state index in [0.717, 1.165) is 25.1 Å². The lowest BCUT2D eigenvalue weighted by molar-refractivity contribution is 0.0452. The molecular formula is C19H23NO. The number of hydrogen-bond acceptors (Lipinski definition) is 2. The highest BCUT2D eigenvalue weighted by Crippen LogP contribution is 2.33. The molecule has 0 amide bonds. The highest BCUT2D eigenvalue weighted by atomic mass is 16.3. The van der Waals surface area contributed by atoms with Gasteiger partial charge in [-0.1, -0.05) is 48.5 Å². The van der Waals surface area contributed by atoms with Crippen molar-refractivity contribution in [1.82, 2.24) is 4.90 Å². The summed E-state index contributed by atoms with van der Waals surface area (Å²) in [5.74, 6) is 0. The molecule has 0 aromatic heterocycles. The molecule has 0 aliphatic carbocycles. The Labute approximate surface area is 127 Å². The van der Waals surface area contributed by atoms with Crippen molar-refractivity contribution in [3.05, 3.63) is 70.8 Å². The number of hydrogen-bond donors (Lipinski definition) is 1. The van der Waals surface area contributed by atoms with Crippen LogP contribution in [0.5, 0.6) is 0 Å². The van der Waals surface area contributed by atoms with Gasteiger partial charge in [0, 0.05) is 19.6 Å². The first kappa shape index (κ1) is 14.3. The summed E-state index contributed by atoms with van der Waals surface area (Å²) in [6.45, 7) is 6.79. The maximum Gasteiger partial charge on any atom is 0.103 e. The molecule has 21 heavy (non-hydrogen) atoms. The van der Waals surface area contributed by atoms with E-state index in [0.29, 0.717) is 6.54 Å². The molecule has 3 rings (SSSR count). The quantitative estimate of drug-likeness (QED) is 0.932. The van der Waals surface area contributed by atoms with Crippen LogP contribution in [0.3, 0.4) is 0 Å². The van der Waals surface area contributed by atoms with Gasteiger partial charge in [-0.15, -0.1) is 0 Å². The molecule has 2 aromatic rings. The van der Waals surface area contributed by atoms with Crippen LogP contribution in [0.1, 0.15) is 28.7 Å². The van der Waals surface area contributed by atoms with Crippen LogP contribution < -0.4 is 0 Å². The lowest BCUT2D eigenvalue weighted by atomic mass is 9.91. The summed E-state index contributed by atoms with van der Waals surface area (Å²) in [4.78, 5) is 2.34. The second kappa shape index (κ2) is 5.63.